The number of nitrogens with zero attached hydrogens (tertiary/aromatic N) is 2. The molecule has 492 valence electrons. The molecule has 0 saturated heterocycles. The summed E-state index contributed by atoms with van der Waals surface area (Å²) in [6, 6.07) is 44.5. The molecule has 0 spiro atoms. The fraction of sp³-hybridized carbons (Fsp3) is 0.417. The van der Waals surface area contributed by atoms with Crippen molar-refractivity contribution < 1.29 is 57.2 Å². The van der Waals surface area contributed by atoms with Gasteiger partial charge in [0.1, 0.15) is 37.6 Å². The van der Waals surface area contributed by atoms with Crippen LogP contribution in [0.2, 0.25) is 0 Å². The lowest BCUT2D eigenvalue weighted by molar-refractivity contribution is 0.0514. The Kier molecular flexibility index (Phi) is 28.0. The minimum Gasteiger partial charge on any atom is -0.484 e. The van der Waals surface area contributed by atoms with Crippen LogP contribution in [0.1, 0.15) is 144 Å². The van der Waals surface area contributed by atoms with Crippen molar-refractivity contribution in [3.05, 3.63) is 190 Å². The number of fused-ring (bicyclic) bond motifs is 6. The number of hydrogen-bond acceptors (Lipinski definition) is 14. The molecule has 6 aromatic rings. The van der Waals surface area contributed by atoms with Crippen molar-refractivity contribution in [2.45, 2.75) is 118 Å². The number of nitrogens with one attached hydrogen (secondary N) is 6. The van der Waals surface area contributed by atoms with Gasteiger partial charge in [0.15, 0.2) is 23.0 Å². The van der Waals surface area contributed by atoms with Crippen LogP contribution in [0.4, 0.5) is 9.59 Å². The second-order valence-corrected chi connectivity index (χ2v) is 24.4. The van der Waals surface area contributed by atoms with E-state index in [4.69, 9.17) is 28.4 Å². The summed E-state index contributed by atoms with van der Waals surface area (Å²) >= 11 is 0. The summed E-state index contributed by atoms with van der Waals surface area (Å²) in [5.41, 5.74) is 2.81. The maximum absolute atomic E-state index is 14.5. The summed E-state index contributed by atoms with van der Waals surface area (Å²) in [5, 5.41) is 18.1. The first-order valence-corrected chi connectivity index (χ1v) is 31.9. The third-order valence-electron chi connectivity index (χ3n) is 14.5. The Balaban J connectivity index is 1.18. The van der Waals surface area contributed by atoms with Crippen LogP contribution < -0.4 is 50.8 Å². The molecule has 92 heavy (non-hydrogen) atoms. The van der Waals surface area contributed by atoms with Crippen molar-refractivity contribution in [2.75, 3.05) is 78.5 Å². The standard InChI is InChI=1S/C72H92N8O12/c1-71(2,3)91-69(85)77-41-23-47-79-43-19-37-73-65(81)57-33-35-59(63(89-51-55-29-15-9-16-30-55)61(57)87-49-53-25-11-7-12-26-53)67(83)75-39-21-45-80(48-24-42-78-70(86)92-72(4,5)6)46-22-40-76-68(84)60-36-34-58(66(82)74-38-20-44-79)62(88-50-54-27-13-8-14-28-54)64(60)90-52-56-31-17-10-18-32-56/h7-18,25-36H,19-24,37-52H2,1-6H3,(H,73,81)(H,74,82)(H,75,83)(H,76,84)(H,77,85)(H,78,86). The summed E-state index contributed by atoms with van der Waals surface area (Å²) in [4.78, 5) is 87.6. The van der Waals surface area contributed by atoms with E-state index in [0.717, 1.165) is 22.3 Å². The van der Waals surface area contributed by atoms with Crippen molar-refractivity contribution in [1.82, 2.24) is 41.7 Å². The van der Waals surface area contributed by atoms with E-state index in [0.29, 0.717) is 90.9 Å². The molecule has 1 aliphatic rings. The molecule has 0 aliphatic carbocycles. The topological polar surface area (TPSA) is 236 Å². The van der Waals surface area contributed by atoms with E-state index < -0.39 is 47.0 Å². The largest absolute Gasteiger partial charge is 0.484 e. The van der Waals surface area contributed by atoms with E-state index >= 15 is 0 Å². The normalized spacial score (nSPS) is 14.8. The Morgan fingerprint density at radius 3 is 0.848 bits per heavy atom. The summed E-state index contributed by atoms with van der Waals surface area (Å²) in [6.45, 7) is 16.3. The number of alkyl carbamates (subject to hydrolysis) is 2. The van der Waals surface area contributed by atoms with Crippen molar-refractivity contribution in [3.63, 3.8) is 0 Å². The second kappa shape index (κ2) is 36.6. The maximum atomic E-state index is 14.5. The predicted molar refractivity (Wildman–Crippen MR) is 354 cm³/mol. The van der Waals surface area contributed by atoms with E-state index in [-0.39, 0.29) is 97.9 Å². The third kappa shape index (κ3) is 24.6. The Labute approximate surface area is 541 Å². The minimum absolute atomic E-state index is 0.0818. The molecule has 0 saturated carbocycles. The van der Waals surface area contributed by atoms with E-state index in [1.807, 2.05) is 163 Å². The van der Waals surface area contributed by atoms with Crippen LogP contribution in [-0.2, 0) is 35.9 Å². The molecule has 20 nitrogen and oxygen atoms in total. The van der Waals surface area contributed by atoms with Gasteiger partial charge >= 0.3 is 12.2 Å². The lowest BCUT2D eigenvalue weighted by Crippen LogP contribution is -2.36. The van der Waals surface area contributed by atoms with Gasteiger partial charge in [-0.1, -0.05) is 121 Å². The molecule has 1 aliphatic heterocycles. The van der Waals surface area contributed by atoms with Crippen LogP contribution in [0, 0.1) is 0 Å². The molecule has 1 heterocycles. The van der Waals surface area contributed by atoms with Crippen LogP contribution in [-0.4, -0.2) is 135 Å². The van der Waals surface area contributed by atoms with Crippen LogP contribution in [0.5, 0.6) is 23.0 Å². The quantitative estimate of drug-likeness (QED) is 0.0390. The molecule has 0 aromatic heterocycles. The molecule has 6 N–H and O–H groups in total. The molecule has 4 bridgehead atoms. The van der Waals surface area contributed by atoms with Gasteiger partial charge in [0, 0.05) is 39.3 Å². The van der Waals surface area contributed by atoms with Gasteiger partial charge < -0.3 is 70.1 Å². The first-order chi connectivity index (χ1) is 44.4. The van der Waals surface area contributed by atoms with Gasteiger partial charge in [0.25, 0.3) is 23.6 Å². The number of benzene rings is 6. The molecule has 0 atom stereocenters. The van der Waals surface area contributed by atoms with Crippen LogP contribution in [0.15, 0.2) is 146 Å². The van der Waals surface area contributed by atoms with Crippen molar-refractivity contribution in [2.24, 2.45) is 0 Å². The third-order valence-corrected chi connectivity index (χ3v) is 14.5. The molecule has 6 amide bonds. The first kappa shape index (κ1) is 70.3. The Morgan fingerprint density at radius 1 is 0.380 bits per heavy atom. The highest BCUT2D eigenvalue weighted by Crippen LogP contribution is 2.39. The highest BCUT2D eigenvalue weighted by molar-refractivity contribution is 6.04. The summed E-state index contributed by atoms with van der Waals surface area (Å²) in [6.07, 6.45) is 2.29. The number of ether oxygens (including phenoxy) is 6. The van der Waals surface area contributed by atoms with Gasteiger partial charge in [0.2, 0.25) is 0 Å². The lowest BCUT2D eigenvalue weighted by atomic mass is 10.1. The fourth-order valence-electron chi connectivity index (χ4n) is 10.0. The number of carbonyl (C=O) groups is 6. The molecule has 0 unspecified atom stereocenters. The smallest absolute Gasteiger partial charge is 0.407 e. The summed E-state index contributed by atoms with van der Waals surface area (Å²) in [7, 11) is 0. The molecule has 6 aromatic carbocycles. The van der Waals surface area contributed by atoms with Crippen LogP contribution in [0.25, 0.3) is 0 Å². The molecule has 0 radical (unpaired) electrons. The van der Waals surface area contributed by atoms with Crippen LogP contribution in [0.3, 0.4) is 0 Å². The minimum atomic E-state index is -0.655. The summed E-state index contributed by atoms with van der Waals surface area (Å²) in [5.74, 6) is -1.20. The first-order valence-electron chi connectivity index (χ1n) is 31.9. The van der Waals surface area contributed by atoms with Crippen molar-refractivity contribution in [1.29, 1.82) is 0 Å². The fourth-order valence-corrected chi connectivity index (χ4v) is 10.0. The average molecular weight is 1260 g/mol. The number of amides is 6. The SMILES string of the molecule is CC(C)(C)OC(=O)NCCCN1CCCNC(=O)c2ccc(c(OCc3ccccc3)c2OCc2ccccc2)C(=O)NCCCN(CCCNC(=O)OC(C)(C)C)CCCNC(=O)c2ccc(c(OCc3ccccc3)c2OCc2ccccc2)C(=O)NCCC1. The van der Waals surface area contributed by atoms with E-state index in [1.165, 1.54) is 0 Å². The number of hydrogen-bond donors (Lipinski definition) is 6. The van der Waals surface area contributed by atoms with Gasteiger partial charge in [-0.3, -0.25) is 19.2 Å². The number of rotatable bonds is 20. The summed E-state index contributed by atoms with van der Waals surface area (Å²) < 4.78 is 37.1. The Bertz CT molecular complexity index is 2890. The highest BCUT2D eigenvalue weighted by Gasteiger charge is 2.28. The lowest BCUT2D eigenvalue weighted by Gasteiger charge is -2.24. The van der Waals surface area contributed by atoms with Gasteiger partial charge in [-0.25, -0.2) is 9.59 Å². The van der Waals surface area contributed by atoms with Crippen molar-refractivity contribution in [3.8, 4) is 23.0 Å². The van der Waals surface area contributed by atoms with Gasteiger partial charge in [0.05, 0.1) is 22.3 Å². The second-order valence-electron chi connectivity index (χ2n) is 24.4. The van der Waals surface area contributed by atoms with E-state index in [2.05, 4.69) is 41.7 Å². The highest BCUT2D eigenvalue weighted by atomic mass is 16.6. The molecular formula is C72H92N8O12. The monoisotopic (exact) mass is 1260 g/mol. The van der Waals surface area contributed by atoms with Crippen molar-refractivity contribution >= 4 is 35.8 Å². The van der Waals surface area contributed by atoms with Gasteiger partial charge in [-0.15, -0.1) is 0 Å². The molecule has 20 heteroatoms. The predicted octanol–water partition coefficient (Wildman–Crippen LogP) is 10.6. The van der Waals surface area contributed by atoms with Crippen LogP contribution >= 0.6 is 0 Å². The van der Waals surface area contributed by atoms with Gasteiger partial charge in [-0.2, -0.15) is 0 Å². The Hall–Kier alpha value is -9.14. The zero-order valence-electron chi connectivity index (χ0n) is 54.2. The molecule has 0 fully saturated rings. The van der Waals surface area contributed by atoms with E-state index in [9.17, 15) is 28.8 Å². The number of carbonyl (C=O) groups excluding carboxylic acids is 6. The maximum Gasteiger partial charge on any atom is 0.407 e. The van der Waals surface area contributed by atoms with Gasteiger partial charge in [-0.05, 0) is 166 Å². The molecule has 7 rings (SSSR count). The zero-order chi connectivity index (χ0) is 65.6. The Morgan fingerprint density at radius 2 is 0.620 bits per heavy atom. The average Bonchev–Trinajstić information content (AvgIpc) is 0.817. The molecular weight excluding hydrogens is 1170 g/mol. The zero-order valence-corrected chi connectivity index (χ0v) is 54.2. The van der Waals surface area contributed by atoms with E-state index in [1.54, 1.807) is 24.3 Å².